The summed E-state index contributed by atoms with van der Waals surface area (Å²) in [5, 5.41) is 3.36. The molecule has 6 nitrogen and oxygen atoms in total. The van der Waals surface area contributed by atoms with Crippen LogP contribution in [-0.2, 0) is 6.54 Å². The number of fused-ring (bicyclic) bond motifs is 1. The number of anilines is 2. The largest absolute Gasteiger partial charge is 0.454 e. The van der Waals surface area contributed by atoms with Gasteiger partial charge in [0.25, 0.3) is 0 Å². The fraction of sp³-hybridized carbons (Fsp3) is 0.500. The molecule has 138 valence electrons. The molecule has 1 N–H and O–H groups in total. The van der Waals surface area contributed by atoms with Crippen LogP contribution in [-0.4, -0.2) is 29.3 Å². The maximum atomic E-state index is 5.44. The minimum Gasteiger partial charge on any atom is -0.454 e. The van der Waals surface area contributed by atoms with E-state index in [4.69, 9.17) is 14.5 Å². The average Bonchev–Trinajstić information content (AvgIpc) is 3.13. The predicted octanol–water partition coefficient (Wildman–Crippen LogP) is 3.89. The summed E-state index contributed by atoms with van der Waals surface area (Å²) in [4.78, 5) is 11.8. The fourth-order valence-corrected chi connectivity index (χ4v) is 3.74. The van der Waals surface area contributed by atoms with Gasteiger partial charge in [-0.3, -0.25) is 0 Å². The molecule has 2 aliphatic rings. The first-order chi connectivity index (χ1) is 12.7. The number of nitrogens with one attached hydrogen (secondary N) is 1. The Kier molecular flexibility index (Phi) is 4.82. The molecular weight excluding hydrogens is 328 g/mol. The van der Waals surface area contributed by atoms with Crippen molar-refractivity contribution in [2.45, 2.75) is 52.1 Å². The zero-order chi connectivity index (χ0) is 17.9. The van der Waals surface area contributed by atoms with E-state index in [9.17, 15) is 0 Å². The number of nitrogens with zero attached hydrogens (tertiary/aromatic N) is 3. The lowest BCUT2D eigenvalue weighted by molar-refractivity contribution is 0.174. The lowest BCUT2D eigenvalue weighted by atomic mass is 10.00. The molecule has 1 saturated heterocycles. The second-order valence-corrected chi connectivity index (χ2v) is 6.98. The Morgan fingerprint density at radius 2 is 2.04 bits per heavy atom. The molecule has 0 saturated carbocycles. The minimum absolute atomic E-state index is 0.297. The lowest BCUT2D eigenvalue weighted by Gasteiger charge is -2.36. The second-order valence-electron chi connectivity index (χ2n) is 6.98. The Hall–Kier alpha value is -2.50. The van der Waals surface area contributed by atoms with Gasteiger partial charge in [-0.25, -0.2) is 4.98 Å². The molecule has 0 radical (unpaired) electrons. The number of benzene rings is 1. The predicted molar refractivity (Wildman–Crippen MR) is 102 cm³/mol. The zero-order valence-electron chi connectivity index (χ0n) is 15.5. The summed E-state index contributed by atoms with van der Waals surface area (Å²) in [6, 6.07) is 8.67. The van der Waals surface area contributed by atoms with Gasteiger partial charge < -0.3 is 19.7 Å². The van der Waals surface area contributed by atoms with Crippen molar-refractivity contribution in [3.8, 4) is 11.5 Å². The monoisotopic (exact) mass is 354 g/mol. The molecule has 1 fully saturated rings. The molecule has 26 heavy (non-hydrogen) atoms. The molecule has 1 aromatic heterocycles. The van der Waals surface area contributed by atoms with Crippen molar-refractivity contribution < 1.29 is 9.47 Å². The van der Waals surface area contributed by atoms with Crippen LogP contribution in [0, 0.1) is 6.92 Å². The summed E-state index contributed by atoms with van der Waals surface area (Å²) < 4.78 is 10.8. The van der Waals surface area contributed by atoms with E-state index in [1.807, 2.05) is 25.1 Å². The van der Waals surface area contributed by atoms with Gasteiger partial charge in [0.2, 0.25) is 12.7 Å². The van der Waals surface area contributed by atoms with E-state index in [1.165, 1.54) is 19.3 Å². The molecule has 1 unspecified atom stereocenters. The van der Waals surface area contributed by atoms with Crippen LogP contribution in [0.2, 0.25) is 0 Å². The number of hydrogen-bond donors (Lipinski definition) is 1. The second kappa shape index (κ2) is 7.40. The number of aromatic nitrogens is 2. The minimum atomic E-state index is 0.297. The van der Waals surface area contributed by atoms with Crippen LogP contribution >= 0.6 is 0 Å². The van der Waals surface area contributed by atoms with Gasteiger partial charge in [-0.15, -0.1) is 0 Å². The maximum absolute atomic E-state index is 5.44. The fourth-order valence-electron chi connectivity index (χ4n) is 3.74. The molecular formula is C20H26N4O2. The van der Waals surface area contributed by atoms with Crippen LogP contribution in [0.3, 0.4) is 0 Å². The molecule has 0 amide bonds. The maximum Gasteiger partial charge on any atom is 0.231 e. The molecule has 2 aromatic rings. The highest BCUT2D eigenvalue weighted by molar-refractivity contribution is 5.48. The van der Waals surface area contributed by atoms with Crippen molar-refractivity contribution in [2.24, 2.45) is 0 Å². The van der Waals surface area contributed by atoms with Crippen LogP contribution in [0.1, 0.15) is 43.9 Å². The first-order valence-electron chi connectivity index (χ1n) is 9.47. The van der Waals surface area contributed by atoms with Crippen molar-refractivity contribution in [1.29, 1.82) is 0 Å². The number of rotatable bonds is 5. The first-order valence-corrected chi connectivity index (χ1v) is 9.47. The Morgan fingerprint density at radius 3 is 2.92 bits per heavy atom. The SMILES string of the molecule is CCC1CCCCN1c1cc(C)nc(NCc2ccc3c(c2)OCO3)n1. The van der Waals surface area contributed by atoms with E-state index in [0.29, 0.717) is 25.3 Å². The van der Waals surface area contributed by atoms with Gasteiger partial charge in [-0.1, -0.05) is 13.0 Å². The van der Waals surface area contributed by atoms with Gasteiger partial charge in [-0.05, 0) is 50.3 Å². The first kappa shape index (κ1) is 16.9. The number of ether oxygens (including phenoxy) is 2. The van der Waals surface area contributed by atoms with Gasteiger partial charge in [0.15, 0.2) is 11.5 Å². The highest BCUT2D eigenvalue weighted by Gasteiger charge is 2.22. The molecule has 0 spiro atoms. The van der Waals surface area contributed by atoms with E-state index in [0.717, 1.165) is 41.5 Å². The highest BCUT2D eigenvalue weighted by atomic mass is 16.7. The Labute approximate surface area is 154 Å². The Balaban J connectivity index is 1.49. The summed E-state index contributed by atoms with van der Waals surface area (Å²) in [6.45, 7) is 6.32. The lowest BCUT2D eigenvalue weighted by Crippen LogP contribution is -2.39. The van der Waals surface area contributed by atoms with Gasteiger partial charge in [0.1, 0.15) is 5.82 Å². The van der Waals surface area contributed by atoms with Gasteiger partial charge in [0, 0.05) is 30.9 Å². The highest BCUT2D eigenvalue weighted by Crippen LogP contribution is 2.32. The third kappa shape index (κ3) is 3.54. The zero-order valence-corrected chi connectivity index (χ0v) is 15.5. The molecule has 1 atom stereocenters. The number of piperidine rings is 1. The standard InChI is InChI=1S/C20H26N4O2/c1-3-16-6-4-5-9-24(16)19-10-14(2)22-20(23-19)21-12-15-7-8-17-18(11-15)26-13-25-17/h7-8,10-11,16H,3-6,9,12-13H2,1-2H3,(H,21,22,23). The summed E-state index contributed by atoms with van der Waals surface area (Å²) >= 11 is 0. The molecule has 6 heteroatoms. The van der Waals surface area contributed by atoms with Crippen LogP contribution in [0.4, 0.5) is 11.8 Å². The van der Waals surface area contributed by atoms with Crippen molar-refractivity contribution in [1.82, 2.24) is 9.97 Å². The number of aryl methyl sites for hydroxylation is 1. The van der Waals surface area contributed by atoms with E-state index in [-0.39, 0.29) is 0 Å². The summed E-state index contributed by atoms with van der Waals surface area (Å²) in [5.41, 5.74) is 2.11. The smallest absolute Gasteiger partial charge is 0.231 e. The molecule has 0 aliphatic carbocycles. The van der Waals surface area contributed by atoms with Crippen LogP contribution < -0.4 is 19.7 Å². The van der Waals surface area contributed by atoms with E-state index < -0.39 is 0 Å². The van der Waals surface area contributed by atoms with Gasteiger partial charge in [0.05, 0.1) is 0 Å². The van der Waals surface area contributed by atoms with Gasteiger partial charge in [-0.2, -0.15) is 4.98 Å². The summed E-state index contributed by atoms with van der Waals surface area (Å²) in [7, 11) is 0. The van der Waals surface area contributed by atoms with E-state index in [2.05, 4.69) is 28.2 Å². The van der Waals surface area contributed by atoms with E-state index >= 15 is 0 Å². The Morgan fingerprint density at radius 1 is 1.15 bits per heavy atom. The van der Waals surface area contributed by atoms with Gasteiger partial charge >= 0.3 is 0 Å². The third-order valence-electron chi connectivity index (χ3n) is 5.12. The summed E-state index contributed by atoms with van der Waals surface area (Å²) in [6.07, 6.45) is 4.95. The number of hydrogen-bond acceptors (Lipinski definition) is 6. The molecule has 2 aliphatic heterocycles. The average molecular weight is 354 g/mol. The Bertz CT molecular complexity index is 780. The van der Waals surface area contributed by atoms with Crippen LogP contribution in [0.5, 0.6) is 11.5 Å². The van der Waals surface area contributed by atoms with Crippen molar-refractivity contribution in [3.63, 3.8) is 0 Å². The van der Waals surface area contributed by atoms with Crippen LogP contribution in [0.25, 0.3) is 0 Å². The van der Waals surface area contributed by atoms with Crippen LogP contribution in [0.15, 0.2) is 24.3 Å². The summed E-state index contributed by atoms with van der Waals surface area (Å²) in [5.74, 6) is 3.32. The molecule has 3 heterocycles. The quantitative estimate of drug-likeness (QED) is 0.879. The molecule has 1 aromatic carbocycles. The van der Waals surface area contributed by atoms with Crippen molar-refractivity contribution in [2.75, 3.05) is 23.6 Å². The van der Waals surface area contributed by atoms with Crippen molar-refractivity contribution in [3.05, 3.63) is 35.5 Å². The topological polar surface area (TPSA) is 59.5 Å². The molecule has 4 rings (SSSR count). The normalized spacial score (nSPS) is 18.8. The van der Waals surface area contributed by atoms with E-state index in [1.54, 1.807) is 0 Å². The molecule has 0 bridgehead atoms. The van der Waals surface area contributed by atoms with Crippen molar-refractivity contribution >= 4 is 11.8 Å². The third-order valence-corrected chi connectivity index (χ3v) is 5.12.